The maximum Gasteiger partial charge on any atom is 0.0574 e. The van der Waals surface area contributed by atoms with Gasteiger partial charge < -0.3 is 5.11 Å². The Morgan fingerprint density at radius 3 is 2.38 bits per heavy atom. The van der Waals surface area contributed by atoms with Crippen molar-refractivity contribution in [1.82, 2.24) is 0 Å². The molecule has 1 N–H and O–H groups in total. The number of hydrogen-bond acceptors (Lipinski definition) is 1. The largest absolute Gasteiger partial charge is 0.393 e. The lowest BCUT2D eigenvalue weighted by Crippen LogP contribution is -2.42. The van der Waals surface area contributed by atoms with E-state index in [2.05, 4.69) is 41.2 Å². The highest BCUT2D eigenvalue weighted by molar-refractivity contribution is 5.03. The predicted octanol–water partition coefficient (Wildman–Crippen LogP) is 4.02. The summed E-state index contributed by atoms with van der Waals surface area (Å²) >= 11 is 0. The molecule has 0 aromatic rings. The molecule has 0 unspecified atom stereocenters. The molecule has 94 valence electrons. The van der Waals surface area contributed by atoms with Crippen LogP contribution in [0, 0.1) is 23.2 Å². The summed E-state index contributed by atoms with van der Waals surface area (Å²) in [5.74, 6) is 1.55. The van der Waals surface area contributed by atoms with Gasteiger partial charge in [-0.15, -0.1) is 0 Å². The smallest absolute Gasteiger partial charge is 0.0574 e. The topological polar surface area (TPSA) is 20.2 Å². The van der Waals surface area contributed by atoms with Gasteiger partial charge >= 0.3 is 0 Å². The Labute approximate surface area is 101 Å². The van der Waals surface area contributed by atoms with Crippen molar-refractivity contribution < 1.29 is 5.11 Å². The van der Waals surface area contributed by atoms with Crippen LogP contribution in [0.15, 0.2) is 12.2 Å². The zero-order valence-corrected chi connectivity index (χ0v) is 11.6. The first-order valence-corrected chi connectivity index (χ1v) is 6.63. The fraction of sp³-hybridized carbons (Fsp3) is 0.867. The summed E-state index contributed by atoms with van der Waals surface area (Å²) in [5, 5.41) is 10.2. The van der Waals surface area contributed by atoms with E-state index in [0.29, 0.717) is 23.2 Å². The molecule has 0 aromatic carbocycles. The fourth-order valence-corrected chi connectivity index (χ4v) is 3.09. The molecule has 16 heavy (non-hydrogen) atoms. The van der Waals surface area contributed by atoms with E-state index in [-0.39, 0.29) is 6.10 Å². The molecule has 0 bridgehead atoms. The quantitative estimate of drug-likeness (QED) is 0.718. The third-order valence-electron chi connectivity index (χ3n) is 4.92. The summed E-state index contributed by atoms with van der Waals surface area (Å²) < 4.78 is 0. The highest BCUT2D eigenvalue weighted by Crippen LogP contribution is 2.47. The molecule has 0 amide bonds. The van der Waals surface area contributed by atoms with Crippen LogP contribution in [0.2, 0.25) is 0 Å². The molecule has 0 aromatic heterocycles. The van der Waals surface area contributed by atoms with Gasteiger partial charge in [0.2, 0.25) is 0 Å². The molecule has 0 heterocycles. The monoisotopic (exact) mass is 224 g/mol. The van der Waals surface area contributed by atoms with E-state index in [9.17, 15) is 5.11 Å². The van der Waals surface area contributed by atoms with Crippen molar-refractivity contribution in [3.05, 3.63) is 12.2 Å². The van der Waals surface area contributed by atoms with Crippen LogP contribution in [0.1, 0.15) is 53.9 Å². The SMILES string of the molecule is C=C(C)[C@H]1C[C@@H](C(C)(C)CC)[C@H](C)[C@@H](O)C1. The first kappa shape index (κ1) is 13.8. The first-order chi connectivity index (χ1) is 7.29. The van der Waals surface area contributed by atoms with E-state index in [0.717, 1.165) is 6.42 Å². The van der Waals surface area contributed by atoms with Gasteiger partial charge in [0.15, 0.2) is 0 Å². The predicted molar refractivity (Wildman–Crippen MR) is 70.3 cm³/mol. The molecule has 1 rings (SSSR count). The zero-order chi connectivity index (χ0) is 12.5. The Balaban J connectivity index is 2.86. The van der Waals surface area contributed by atoms with Gasteiger partial charge in [-0.25, -0.2) is 0 Å². The summed E-state index contributed by atoms with van der Waals surface area (Å²) in [7, 11) is 0. The molecular formula is C15H28O. The molecule has 1 nitrogen and oxygen atoms in total. The van der Waals surface area contributed by atoms with Crippen molar-refractivity contribution in [2.45, 2.75) is 60.0 Å². The Kier molecular flexibility index (Phi) is 4.23. The Morgan fingerprint density at radius 1 is 1.38 bits per heavy atom. The molecule has 1 aliphatic rings. The minimum atomic E-state index is -0.147. The Hall–Kier alpha value is -0.300. The second-order valence-corrected chi connectivity index (χ2v) is 6.39. The van der Waals surface area contributed by atoms with Gasteiger partial charge in [0.05, 0.1) is 6.10 Å². The van der Waals surface area contributed by atoms with Gasteiger partial charge in [-0.05, 0) is 42.9 Å². The molecular weight excluding hydrogens is 196 g/mol. The molecule has 1 fully saturated rings. The van der Waals surface area contributed by atoms with Crippen LogP contribution >= 0.6 is 0 Å². The summed E-state index contributed by atoms with van der Waals surface area (Å²) in [6.45, 7) is 15.3. The third-order valence-corrected chi connectivity index (χ3v) is 4.92. The highest BCUT2D eigenvalue weighted by Gasteiger charge is 2.41. The normalized spacial score (nSPS) is 36.1. The molecule has 0 radical (unpaired) electrons. The zero-order valence-electron chi connectivity index (χ0n) is 11.6. The number of allylic oxidation sites excluding steroid dienone is 1. The van der Waals surface area contributed by atoms with E-state index in [1.54, 1.807) is 0 Å². The van der Waals surface area contributed by atoms with Crippen LogP contribution in [-0.2, 0) is 0 Å². The summed E-state index contributed by atoms with van der Waals surface area (Å²) in [5.41, 5.74) is 1.57. The van der Waals surface area contributed by atoms with Crippen LogP contribution < -0.4 is 0 Å². The molecule has 4 atom stereocenters. The van der Waals surface area contributed by atoms with E-state index in [1.807, 2.05) is 0 Å². The summed E-state index contributed by atoms with van der Waals surface area (Å²) in [4.78, 5) is 0. The van der Waals surface area contributed by atoms with Gasteiger partial charge in [-0.1, -0.05) is 46.3 Å². The third kappa shape index (κ3) is 2.68. The van der Waals surface area contributed by atoms with Crippen LogP contribution in [-0.4, -0.2) is 11.2 Å². The first-order valence-electron chi connectivity index (χ1n) is 6.63. The van der Waals surface area contributed by atoms with Crippen molar-refractivity contribution in [3.63, 3.8) is 0 Å². The number of rotatable bonds is 3. The van der Waals surface area contributed by atoms with Crippen molar-refractivity contribution in [2.24, 2.45) is 23.2 Å². The maximum atomic E-state index is 10.2. The molecule has 1 saturated carbocycles. The van der Waals surface area contributed by atoms with E-state index in [1.165, 1.54) is 18.4 Å². The van der Waals surface area contributed by atoms with E-state index in [4.69, 9.17) is 0 Å². The fourth-order valence-electron chi connectivity index (χ4n) is 3.09. The van der Waals surface area contributed by atoms with Crippen molar-refractivity contribution in [2.75, 3.05) is 0 Å². The van der Waals surface area contributed by atoms with Crippen LogP contribution in [0.3, 0.4) is 0 Å². The Morgan fingerprint density at radius 2 is 1.94 bits per heavy atom. The van der Waals surface area contributed by atoms with E-state index >= 15 is 0 Å². The molecule has 1 heteroatoms. The van der Waals surface area contributed by atoms with Gasteiger partial charge in [0.1, 0.15) is 0 Å². The van der Waals surface area contributed by atoms with E-state index < -0.39 is 0 Å². The van der Waals surface area contributed by atoms with Gasteiger partial charge in [-0.3, -0.25) is 0 Å². The lowest BCUT2D eigenvalue weighted by Gasteiger charge is -2.46. The number of aliphatic hydroxyl groups excluding tert-OH is 1. The summed E-state index contributed by atoms with van der Waals surface area (Å²) in [6, 6.07) is 0. The van der Waals surface area contributed by atoms with Crippen molar-refractivity contribution in [3.8, 4) is 0 Å². The minimum Gasteiger partial charge on any atom is -0.393 e. The van der Waals surface area contributed by atoms with Crippen molar-refractivity contribution >= 4 is 0 Å². The molecule has 0 saturated heterocycles. The number of aliphatic hydroxyl groups is 1. The Bertz CT molecular complexity index is 254. The van der Waals surface area contributed by atoms with Crippen LogP contribution in [0.4, 0.5) is 0 Å². The average molecular weight is 224 g/mol. The van der Waals surface area contributed by atoms with Crippen LogP contribution in [0.5, 0.6) is 0 Å². The van der Waals surface area contributed by atoms with Gasteiger partial charge in [-0.2, -0.15) is 0 Å². The minimum absolute atomic E-state index is 0.147. The lowest BCUT2D eigenvalue weighted by atomic mass is 9.61. The lowest BCUT2D eigenvalue weighted by molar-refractivity contribution is -0.0237. The maximum absolute atomic E-state index is 10.2. The average Bonchev–Trinajstić information content (AvgIpc) is 2.21. The standard InChI is InChI=1S/C15H28O/c1-7-15(5,6)13-8-12(10(2)3)9-14(16)11(13)4/h11-14,16H,2,7-9H2,1,3-6H3/t11-,12-,13+,14-/m0/s1. The second-order valence-electron chi connectivity index (χ2n) is 6.39. The molecule has 0 aliphatic heterocycles. The summed E-state index contributed by atoms with van der Waals surface area (Å²) in [6.07, 6.45) is 3.14. The molecule has 0 spiro atoms. The van der Waals surface area contributed by atoms with Gasteiger partial charge in [0.25, 0.3) is 0 Å². The van der Waals surface area contributed by atoms with Gasteiger partial charge in [0, 0.05) is 0 Å². The highest BCUT2D eigenvalue weighted by atomic mass is 16.3. The number of hydrogen-bond donors (Lipinski definition) is 1. The second kappa shape index (κ2) is 4.91. The van der Waals surface area contributed by atoms with Crippen LogP contribution in [0.25, 0.3) is 0 Å². The molecule has 1 aliphatic carbocycles. The van der Waals surface area contributed by atoms with Crippen molar-refractivity contribution in [1.29, 1.82) is 0 Å².